The van der Waals surface area contributed by atoms with Crippen LogP contribution in [0.4, 0.5) is 0 Å². The molecule has 0 bridgehead atoms. The molecule has 3 heteroatoms. The summed E-state index contributed by atoms with van der Waals surface area (Å²) in [6.07, 6.45) is 2.44. The molecule has 0 aliphatic heterocycles. The molecular weight excluding hydrogens is 188 g/mol. The number of nitrogens with one attached hydrogen (secondary N) is 1. The minimum Gasteiger partial charge on any atom is -0.383 e. The fourth-order valence-corrected chi connectivity index (χ4v) is 1.69. The highest BCUT2D eigenvalue weighted by molar-refractivity contribution is 4.67. The van der Waals surface area contributed by atoms with Gasteiger partial charge in [-0.1, -0.05) is 13.8 Å². The number of likely N-dealkylation sites (N-methyl/N-ethyl adjacent to an activating group) is 1. The lowest BCUT2D eigenvalue weighted by Crippen LogP contribution is -2.37. The van der Waals surface area contributed by atoms with Gasteiger partial charge in [-0.25, -0.2) is 0 Å². The van der Waals surface area contributed by atoms with Gasteiger partial charge in [0.2, 0.25) is 0 Å². The Hall–Kier alpha value is -0.120. The van der Waals surface area contributed by atoms with Crippen molar-refractivity contribution >= 4 is 0 Å². The standard InChI is InChI=1S/C12H28N2O/c1-5-8-13-9-7-12(3)14(6-2)10-11-15-4/h12-13H,5-11H2,1-4H3. The third kappa shape index (κ3) is 7.77. The Labute approximate surface area is 95.2 Å². The van der Waals surface area contributed by atoms with Crippen LogP contribution in [-0.2, 0) is 4.74 Å². The van der Waals surface area contributed by atoms with Gasteiger partial charge in [0.1, 0.15) is 0 Å². The van der Waals surface area contributed by atoms with E-state index in [0.29, 0.717) is 6.04 Å². The zero-order valence-electron chi connectivity index (χ0n) is 10.9. The fraction of sp³-hybridized carbons (Fsp3) is 1.00. The molecule has 0 aliphatic carbocycles. The summed E-state index contributed by atoms with van der Waals surface area (Å²) in [5.41, 5.74) is 0. The largest absolute Gasteiger partial charge is 0.383 e. The van der Waals surface area contributed by atoms with Crippen LogP contribution in [0.15, 0.2) is 0 Å². The Morgan fingerprint density at radius 3 is 2.53 bits per heavy atom. The molecule has 0 aromatic rings. The number of methoxy groups -OCH3 is 1. The summed E-state index contributed by atoms with van der Waals surface area (Å²) in [6.45, 7) is 12.0. The van der Waals surface area contributed by atoms with Crippen molar-refractivity contribution in [3.8, 4) is 0 Å². The SMILES string of the molecule is CCCNCCC(C)N(CC)CCOC. The zero-order valence-corrected chi connectivity index (χ0v) is 10.9. The van der Waals surface area contributed by atoms with E-state index in [-0.39, 0.29) is 0 Å². The highest BCUT2D eigenvalue weighted by Gasteiger charge is 2.10. The third-order valence-electron chi connectivity index (χ3n) is 2.78. The van der Waals surface area contributed by atoms with Crippen LogP contribution in [0.5, 0.6) is 0 Å². The van der Waals surface area contributed by atoms with E-state index >= 15 is 0 Å². The first-order chi connectivity index (χ1) is 7.26. The molecule has 0 saturated carbocycles. The molecule has 1 atom stereocenters. The van der Waals surface area contributed by atoms with Crippen molar-refractivity contribution in [1.29, 1.82) is 0 Å². The second kappa shape index (κ2) is 10.4. The van der Waals surface area contributed by atoms with Crippen LogP contribution in [0.2, 0.25) is 0 Å². The first-order valence-electron chi connectivity index (χ1n) is 6.19. The number of ether oxygens (including phenoxy) is 1. The van der Waals surface area contributed by atoms with Crippen molar-refractivity contribution in [3.63, 3.8) is 0 Å². The summed E-state index contributed by atoms with van der Waals surface area (Å²) < 4.78 is 5.11. The molecule has 0 spiro atoms. The lowest BCUT2D eigenvalue weighted by Gasteiger charge is -2.27. The van der Waals surface area contributed by atoms with Gasteiger partial charge in [-0.2, -0.15) is 0 Å². The van der Waals surface area contributed by atoms with Gasteiger partial charge in [-0.05, 0) is 39.4 Å². The summed E-state index contributed by atoms with van der Waals surface area (Å²) in [4.78, 5) is 2.47. The molecule has 0 amide bonds. The lowest BCUT2D eigenvalue weighted by molar-refractivity contribution is 0.125. The second-order valence-corrected chi connectivity index (χ2v) is 4.01. The molecule has 0 aromatic carbocycles. The van der Waals surface area contributed by atoms with E-state index in [1.165, 1.54) is 12.8 Å². The predicted molar refractivity (Wildman–Crippen MR) is 66.4 cm³/mol. The molecule has 1 unspecified atom stereocenters. The van der Waals surface area contributed by atoms with Crippen molar-refractivity contribution in [2.45, 2.75) is 39.7 Å². The van der Waals surface area contributed by atoms with E-state index in [1.54, 1.807) is 7.11 Å². The van der Waals surface area contributed by atoms with Gasteiger partial charge in [0, 0.05) is 19.7 Å². The van der Waals surface area contributed by atoms with Crippen molar-refractivity contribution in [2.75, 3.05) is 39.9 Å². The summed E-state index contributed by atoms with van der Waals surface area (Å²) in [5.74, 6) is 0. The van der Waals surface area contributed by atoms with Crippen LogP contribution in [0, 0.1) is 0 Å². The molecular formula is C12H28N2O. The van der Waals surface area contributed by atoms with E-state index in [4.69, 9.17) is 4.74 Å². The summed E-state index contributed by atoms with van der Waals surface area (Å²) in [5, 5.41) is 3.44. The quantitative estimate of drug-likeness (QED) is 0.563. The molecule has 0 aromatic heterocycles. The van der Waals surface area contributed by atoms with Crippen LogP contribution >= 0.6 is 0 Å². The molecule has 0 heterocycles. The smallest absolute Gasteiger partial charge is 0.0589 e. The van der Waals surface area contributed by atoms with E-state index in [0.717, 1.165) is 32.8 Å². The van der Waals surface area contributed by atoms with E-state index < -0.39 is 0 Å². The zero-order chi connectivity index (χ0) is 11.5. The van der Waals surface area contributed by atoms with Gasteiger partial charge in [-0.3, -0.25) is 4.90 Å². The molecule has 0 aliphatic rings. The lowest BCUT2D eigenvalue weighted by atomic mass is 10.2. The molecule has 0 fully saturated rings. The van der Waals surface area contributed by atoms with Crippen molar-refractivity contribution < 1.29 is 4.74 Å². The maximum absolute atomic E-state index is 5.11. The summed E-state index contributed by atoms with van der Waals surface area (Å²) in [6, 6.07) is 0.648. The number of rotatable bonds is 10. The maximum Gasteiger partial charge on any atom is 0.0589 e. The van der Waals surface area contributed by atoms with Crippen LogP contribution in [0.25, 0.3) is 0 Å². The van der Waals surface area contributed by atoms with Gasteiger partial charge < -0.3 is 10.1 Å². The average Bonchev–Trinajstić information content (AvgIpc) is 2.25. The van der Waals surface area contributed by atoms with E-state index in [1.807, 2.05) is 0 Å². The first-order valence-corrected chi connectivity index (χ1v) is 6.19. The molecule has 0 saturated heterocycles. The van der Waals surface area contributed by atoms with Crippen molar-refractivity contribution in [3.05, 3.63) is 0 Å². The Bertz CT molecular complexity index is 131. The van der Waals surface area contributed by atoms with Crippen LogP contribution in [-0.4, -0.2) is 50.8 Å². The van der Waals surface area contributed by atoms with Gasteiger partial charge in [0.05, 0.1) is 6.61 Å². The Kier molecular flexibility index (Phi) is 10.3. The molecule has 1 N–H and O–H groups in total. The average molecular weight is 216 g/mol. The van der Waals surface area contributed by atoms with Gasteiger partial charge in [0.25, 0.3) is 0 Å². The normalized spacial score (nSPS) is 13.4. The van der Waals surface area contributed by atoms with Crippen molar-refractivity contribution in [1.82, 2.24) is 10.2 Å². The molecule has 3 nitrogen and oxygen atoms in total. The van der Waals surface area contributed by atoms with Crippen LogP contribution < -0.4 is 5.32 Å². The number of hydrogen-bond acceptors (Lipinski definition) is 3. The van der Waals surface area contributed by atoms with Gasteiger partial charge >= 0.3 is 0 Å². The highest BCUT2D eigenvalue weighted by atomic mass is 16.5. The molecule has 0 rings (SSSR count). The molecule has 0 radical (unpaired) electrons. The minimum atomic E-state index is 0.648. The second-order valence-electron chi connectivity index (χ2n) is 4.01. The van der Waals surface area contributed by atoms with E-state index in [9.17, 15) is 0 Å². The van der Waals surface area contributed by atoms with Gasteiger partial charge in [0.15, 0.2) is 0 Å². The third-order valence-corrected chi connectivity index (χ3v) is 2.78. The first kappa shape index (κ1) is 14.9. The number of hydrogen-bond donors (Lipinski definition) is 1. The van der Waals surface area contributed by atoms with Crippen LogP contribution in [0.3, 0.4) is 0 Å². The van der Waals surface area contributed by atoms with E-state index in [2.05, 4.69) is 31.0 Å². The monoisotopic (exact) mass is 216 g/mol. The Morgan fingerprint density at radius 1 is 1.27 bits per heavy atom. The highest BCUT2D eigenvalue weighted by Crippen LogP contribution is 2.02. The Balaban J connectivity index is 3.58. The number of nitrogens with zero attached hydrogens (tertiary/aromatic N) is 1. The molecule has 15 heavy (non-hydrogen) atoms. The summed E-state index contributed by atoms with van der Waals surface area (Å²) >= 11 is 0. The predicted octanol–water partition coefficient (Wildman–Crippen LogP) is 1.73. The van der Waals surface area contributed by atoms with Crippen molar-refractivity contribution in [2.24, 2.45) is 0 Å². The maximum atomic E-state index is 5.11. The topological polar surface area (TPSA) is 24.5 Å². The van der Waals surface area contributed by atoms with Gasteiger partial charge in [-0.15, -0.1) is 0 Å². The van der Waals surface area contributed by atoms with Crippen LogP contribution in [0.1, 0.15) is 33.6 Å². The summed E-state index contributed by atoms with van der Waals surface area (Å²) in [7, 11) is 1.77. The Morgan fingerprint density at radius 2 is 2.00 bits per heavy atom. The molecule has 92 valence electrons. The minimum absolute atomic E-state index is 0.648. The fourth-order valence-electron chi connectivity index (χ4n) is 1.69.